The Morgan fingerprint density at radius 3 is 2.53 bits per heavy atom. The first kappa shape index (κ1) is 34.4. The molecule has 0 bridgehead atoms. The lowest BCUT2D eigenvalue weighted by atomic mass is 9.88. The third kappa shape index (κ3) is 11.1. The number of ether oxygens (including phenoxy) is 4. The Bertz CT molecular complexity index is 1270. The fraction of sp³-hybridized carbons (Fsp3) is 0.571. The first-order chi connectivity index (χ1) is 21.4. The van der Waals surface area contributed by atoms with E-state index in [4.69, 9.17) is 24.7 Å². The number of carbonyl (C=O) groups is 3. The van der Waals surface area contributed by atoms with Gasteiger partial charge in [0.1, 0.15) is 6.10 Å². The molecule has 4 N–H and O–H groups in total. The zero-order chi connectivity index (χ0) is 32.6. The molecule has 3 aliphatic heterocycles. The molecule has 3 fully saturated rings. The van der Waals surface area contributed by atoms with Gasteiger partial charge in [0.15, 0.2) is 0 Å². The highest BCUT2D eigenvalue weighted by Crippen LogP contribution is 2.43. The van der Waals surface area contributed by atoms with Gasteiger partial charge in [0, 0.05) is 38.1 Å². The third-order valence-electron chi connectivity index (χ3n) is 8.64. The van der Waals surface area contributed by atoms with E-state index in [1.54, 1.807) is 13.0 Å². The van der Waals surface area contributed by atoms with Crippen molar-refractivity contribution in [1.82, 2.24) is 10.6 Å². The number of hydrogen-bond donors (Lipinski definition) is 3. The Balaban J connectivity index is 1.22. The van der Waals surface area contributed by atoms with Crippen molar-refractivity contribution in [3.8, 4) is 0 Å². The Kier molecular flexibility index (Phi) is 12.0. The molecule has 0 aliphatic carbocycles. The van der Waals surface area contributed by atoms with Crippen LogP contribution in [0.5, 0.6) is 0 Å². The molecular formula is C35H49N3O7. The molecule has 0 unspecified atom stereocenters. The number of epoxide rings is 1. The van der Waals surface area contributed by atoms with Crippen LogP contribution in [0.3, 0.4) is 0 Å². The van der Waals surface area contributed by atoms with Crippen LogP contribution in [0, 0.1) is 5.92 Å². The van der Waals surface area contributed by atoms with E-state index in [9.17, 15) is 14.4 Å². The summed E-state index contributed by atoms with van der Waals surface area (Å²) in [5.41, 5.74) is 8.36. The molecule has 246 valence electrons. The van der Waals surface area contributed by atoms with Crippen LogP contribution >= 0.6 is 0 Å². The fourth-order valence-corrected chi connectivity index (χ4v) is 5.99. The lowest BCUT2D eigenvalue weighted by Gasteiger charge is -2.39. The molecule has 10 heteroatoms. The lowest BCUT2D eigenvalue weighted by Crippen LogP contribution is -2.50. The summed E-state index contributed by atoms with van der Waals surface area (Å²) in [5, 5.41) is 6.00. The Morgan fingerprint density at radius 1 is 1.11 bits per heavy atom. The molecule has 0 aromatic heterocycles. The van der Waals surface area contributed by atoms with E-state index < -0.39 is 6.10 Å². The maximum Gasteiger partial charge on any atom is 0.303 e. The molecule has 4 rings (SSSR count). The molecular weight excluding hydrogens is 574 g/mol. The first-order valence-corrected chi connectivity index (χ1v) is 16.0. The Hall–Kier alpha value is -3.47. The number of anilines is 1. The van der Waals surface area contributed by atoms with Crippen LogP contribution in [0.25, 0.3) is 0 Å². The number of nitrogens with two attached hydrogens (primary N) is 1. The average molecular weight is 624 g/mol. The minimum absolute atomic E-state index is 0.0428. The molecule has 3 heterocycles. The molecule has 1 spiro atoms. The second kappa shape index (κ2) is 15.7. The summed E-state index contributed by atoms with van der Waals surface area (Å²) in [6, 6.07) is 7.37. The van der Waals surface area contributed by atoms with E-state index in [2.05, 4.69) is 42.7 Å². The van der Waals surface area contributed by atoms with Crippen LogP contribution in [0.15, 0.2) is 60.2 Å². The van der Waals surface area contributed by atoms with E-state index in [-0.39, 0.29) is 59.8 Å². The van der Waals surface area contributed by atoms with Crippen molar-refractivity contribution in [3.05, 3.63) is 65.8 Å². The molecule has 8 atom stereocenters. The zero-order valence-corrected chi connectivity index (χ0v) is 27.1. The summed E-state index contributed by atoms with van der Waals surface area (Å²) in [4.78, 5) is 36.1. The average Bonchev–Trinajstić information content (AvgIpc) is 3.72. The number of nitrogens with one attached hydrogen (secondary N) is 2. The predicted octanol–water partition coefficient (Wildman–Crippen LogP) is 4.29. The minimum Gasteiger partial charge on any atom is -0.459 e. The van der Waals surface area contributed by atoms with Gasteiger partial charge in [0.25, 0.3) is 0 Å². The molecule has 10 nitrogen and oxygen atoms in total. The van der Waals surface area contributed by atoms with Gasteiger partial charge in [-0.1, -0.05) is 42.9 Å². The summed E-state index contributed by atoms with van der Waals surface area (Å²) >= 11 is 0. The van der Waals surface area contributed by atoms with Gasteiger partial charge in [0.05, 0.1) is 49.1 Å². The van der Waals surface area contributed by atoms with Gasteiger partial charge in [-0.2, -0.15) is 0 Å². The van der Waals surface area contributed by atoms with Crippen molar-refractivity contribution in [3.63, 3.8) is 0 Å². The number of hydrogen-bond acceptors (Lipinski definition) is 8. The molecule has 1 aromatic rings. The van der Waals surface area contributed by atoms with Crippen molar-refractivity contribution >= 4 is 23.5 Å². The standard InChI is InChI=1S/C35H49N3O7/c1-22(7-14-32-23(2)16-31(25(4)44-32)38-33(40)15-8-24(3)43-26(5)39)6-13-29-18-35(21-42-35)19-30(45-29)17-34(41)37-20-27-9-11-28(36)12-10-27/h6-13,15,23-25,29-32H,14,16-21,36H2,1-5H3,(H,37,41)(H,38,40)/b13-6+,15-8-,22-7+/t23-,24-,25+,29+,30+,31+,32-,35+/m0/s1. The second-order valence-electron chi connectivity index (χ2n) is 12.8. The van der Waals surface area contributed by atoms with E-state index in [0.29, 0.717) is 25.3 Å². The van der Waals surface area contributed by atoms with E-state index in [1.807, 2.05) is 31.2 Å². The maximum absolute atomic E-state index is 12.7. The zero-order valence-electron chi connectivity index (χ0n) is 27.1. The second-order valence-corrected chi connectivity index (χ2v) is 12.8. The SMILES string of the molecule is CC(=O)O[C@@H](C)/C=C\C(=O)N[C@@H]1C[C@H](C)[C@H](C/C=C(C)/C=C/[C@@H]2C[C@]3(CO3)C[C@@H](CC(=O)NCc3ccc(N)cc3)O2)O[C@@H]1C. The van der Waals surface area contributed by atoms with Crippen molar-refractivity contribution < 1.29 is 33.3 Å². The van der Waals surface area contributed by atoms with Gasteiger partial charge in [-0.15, -0.1) is 0 Å². The van der Waals surface area contributed by atoms with Gasteiger partial charge < -0.3 is 35.3 Å². The quantitative estimate of drug-likeness (QED) is 0.103. The number of nitrogen functional groups attached to an aromatic ring is 1. The largest absolute Gasteiger partial charge is 0.459 e. The number of esters is 1. The molecule has 3 aliphatic rings. The number of benzene rings is 1. The Labute approximate surface area is 266 Å². The molecule has 3 saturated heterocycles. The monoisotopic (exact) mass is 623 g/mol. The number of rotatable bonds is 12. The normalized spacial score (nSPS) is 30.7. The van der Waals surface area contributed by atoms with Crippen LogP contribution < -0.4 is 16.4 Å². The number of amides is 2. The molecule has 0 saturated carbocycles. The summed E-state index contributed by atoms with van der Waals surface area (Å²) in [6.07, 6.45) is 11.8. The number of carbonyl (C=O) groups excluding carboxylic acids is 3. The van der Waals surface area contributed by atoms with E-state index in [1.165, 1.54) is 13.0 Å². The van der Waals surface area contributed by atoms with Crippen LogP contribution in [-0.2, 0) is 39.9 Å². The van der Waals surface area contributed by atoms with Crippen molar-refractivity contribution in [2.24, 2.45) is 5.92 Å². The molecule has 2 amide bonds. The number of allylic oxidation sites excluding steroid dienone is 2. The van der Waals surface area contributed by atoms with Gasteiger partial charge >= 0.3 is 5.97 Å². The smallest absolute Gasteiger partial charge is 0.303 e. The fourth-order valence-electron chi connectivity index (χ4n) is 5.99. The van der Waals surface area contributed by atoms with Gasteiger partial charge in [-0.05, 0) is 63.3 Å². The minimum atomic E-state index is -0.465. The van der Waals surface area contributed by atoms with Crippen molar-refractivity contribution in [2.75, 3.05) is 12.3 Å². The van der Waals surface area contributed by atoms with Crippen LogP contribution in [0.4, 0.5) is 5.69 Å². The maximum atomic E-state index is 12.7. The summed E-state index contributed by atoms with van der Waals surface area (Å²) in [7, 11) is 0. The molecule has 45 heavy (non-hydrogen) atoms. The molecule has 0 radical (unpaired) electrons. The Morgan fingerprint density at radius 2 is 1.84 bits per heavy atom. The van der Waals surface area contributed by atoms with E-state index >= 15 is 0 Å². The predicted molar refractivity (Wildman–Crippen MR) is 172 cm³/mol. The van der Waals surface area contributed by atoms with Crippen LogP contribution in [-0.4, -0.2) is 66.6 Å². The molecule has 1 aromatic carbocycles. The van der Waals surface area contributed by atoms with Gasteiger partial charge in [-0.3, -0.25) is 14.4 Å². The van der Waals surface area contributed by atoms with Gasteiger partial charge in [0.2, 0.25) is 11.8 Å². The lowest BCUT2D eigenvalue weighted by molar-refractivity contribution is -0.143. The highest BCUT2D eigenvalue weighted by atomic mass is 16.6. The first-order valence-electron chi connectivity index (χ1n) is 16.0. The van der Waals surface area contributed by atoms with E-state index in [0.717, 1.165) is 36.8 Å². The van der Waals surface area contributed by atoms with Crippen LogP contribution in [0.2, 0.25) is 0 Å². The summed E-state index contributed by atoms with van der Waals surface area (Å²) in [6.45, 7) is 10.4. The van der Waals surface area contributed by atoms with Gasteiger partial charge in [-0.25, -0.2) is 0 Å². The van der Waals surface area contributed by atoms with Crippen molar-refractivity contribution in [1.29, 1.82) is 0 Å². The third-order valence-corrected chi connectivity index (χ3v) is 8.64. The topological polar surface area (TPSA) is 142 Å². The highest BCUT2D eigenvalue weighted by molar-refractivity contribution is 5.87. The summed E-state index contributed by atoms with van der Waals surface area (Å²) in [5.74, 6) is -0.409. The van der Waals surface area contributed by atoms with Crippen LogP contribution in [0.1, 0.15) is 72.3 Å². The summed E-state index contributed by atoms with van der Waals surface area (Å²) < 4.78 is 23.5. The van der Waals surface area contributed by atoms with Crippen molar-refractivity contribution in [2.45, 2.75) is 115 Å². The highest BCUT2D eigenvalue weighted by Gasteiger charge is 2.51.